The Hall–Kier alpha value is -2.52. The maximum absolute atomic E-state index is 13.6. The SMILES string of the molecule is O=C(O)CN(S(=O)c1ccc(OC(F)F)cc1)C1(c2cccc(-c3cc(Cl)cc(Cl)c3)c2)CCC1. The van der Waals surface area contributed by atoms with Gasteiger partial charge in [0.15, 0.2) is 0 Å². The van der Waals surface area contributed by atoms with Gasteiger partial charge in [0.25, 0.3) is 0 Å². The first-order valence-electron chi connectivity index (χ1n) is 10.7. The Morgan fingerprint density at radius 2 is 1.69 bits per heavy atom. The minimum atomic E-state index is -2.98. The van der Waals surface area contributed by atoms with Crippen LogP contribution < -0.4 is 4.74 Å². The third kappa shape index (κ3) is 5.67. The van der Waals surface area contributed by atoms with Gasteiger partial charge in [-0.1, -0.05) is 41.4 Å². The summed E-state index contributed by atoms with van der Waals surface area (Å²) in [4.78, 5) is 12.1. The fourth-order valence-electron chi connectivity index (χ4n) is 4.26. The van der Waals surface area contributed by atoms with E-state index in [4.69, 9.17) is 23.2 Å². The average molecular weight is 540 g/mol. The molecule has 1 aliphatic carbocycles. The molecule has 0 radical (unpaired) electrons. The monoisotopic (exact) mass is 539 g/mol. The van der Waals surface area contributed by atoms with Crippen molar-refractivity contribution in [3.05, 3.63) is 82.3 Å². The minimum Gasteiger partial charge on any atom is -0.480 e. The molecule has 1 unspecified atom stereocenters. The summed E-state index contributed by atoms with van der Waals surface area (Å²) in [6, 6.07) is 18.2. The van der Waals surface area contributed by atoms with Gasteiger partial charge in [0, 0.05) is 10.0 Å². The van der Waals surface area contributed by atoms with Crippen LogP contribution in [0.1, 0.15) is 24.8 Å². The zero-order chi connectivity index (χ0) is 25.2. The Bertz CT molecular complexity index is 1230. The fourth-order valence-corrected chi connectivity index (χ4v) is 6.24. The molecule has 1 saturated carbocycles. The van der Waals surface area contributed by atoms with Crippen molar-refractivity contribution in [1.29, 1.82) is 0 Å². The van der Waals surface area contributed by atoms with Crippen molar-refractivity contribution in [1.82, 2.24) is 4.31 Å². The molecule has 0 bridgehead atoms. The van der Waals surface area contributed by atoms with Gasteiger partial charge in [0.1, 0.15) is 23.3 Å². The van der Waals surface area contributed by atoms with E-state index in [1.165, 1.54) is 28.6 Å². The van der Waals surface area contributed by atoms with Gasteiger partial charge >= 0.3 is 12.6 Å². The van der Waals surface area contributed by atoms with Crippen molar-refractivity contribution in [2.45, 2.75) is 36.3 Å². The summed E-state index contributed by atoms with van der Waals surface area (Å²) in [5, 5.41) is 10.6. The van der Waals surface area contributed by atoms with Gasteiger partial charge in [-0.2, -0.15) is 13.1 Å². The first-order chi connectivity index (χ1) is 16.7. The Labute approximate surface area is 213 Å². The number of hydrogen-bond donors (Lipinski definition) is 1. The molecule has 0 heterocycles. The number of benzene rings is 3. The van der Waals surface area contributed by atoms with E-state index >= 15 is 0 Å². The molecule has 0 saturated heterocycles. The lowest BCUT2D eigenvalue weighted by molar-refractivity contribution is -0.138. The number of nitrogens with zero attached hydrogens (tertiary/aromatic N) is 1. The molecule has 4 rings (SSSR count). The van der Waals surface area contributed by atoms with Crippen LogP contribution in [-0.4, -0.2) is 32.7 Å². The Morgan fingerprint density at radius 1 is 1.03 bits per heavy atom. The van der Waals surface area contributed by atoms with E-state index in [1.807, 2.05) is 24.3 Å². The van der Waals surface area contributed by atoms with Crippen molar-refractivity contribution in [3.63, 3.8) is 0 Å². The van der Waals surface area contributed by atoms with Crippen LogP contribution in [0, 0.1) is 0 Å². The third-order valence-corrected chi connectivity index (χ3v) is 7.97. The Balaban J connectivity index is 1.72. The first-order valence-corrected chi connectivity index (χ1v) is 12.6. The molecule has 35 heavy (non-hydrogen) atoms. The van der Waals surface area contributed by atoms with Crippen molar-refractivity contribution >= 4 is 40.2 Å². The van der Waals surface area contributed by atoms with Gasteiger partial charge in [0.2, 0.25) is 0 Å². The van der Waals surface area contributed by atoms with Crippen LogP contribution in [0.2, 0.25) is 10.0 Å². The van der Waals surface area contributed by atoms with E-state index in [2.05, 4.69) is 4.74 Å². The highest BCUT2D eigenvalue weighted by molar-refractivity contribution is 7.82. The predicted molar refractivity (Wildman–Crippen MR) is 131 cm³/mol. The topological polar surface area (TPSA) is 66.8 Å². The molecule has 1 N–H and O–H groups in total. The van der Waals surface area contributed by atoms with Gasteiger partial charge < -0.3 is 9.84 Å². The molecule has 1 fully saturated rings. The Morgan fingerprint density at radius 3 is 2.23 bits per heavy atom. The Kier molecular flexibility index (Phi) is 7.76. The van der Waals surface area contributed by atoms with Gasteiger partial charge in [-0.3, -0.25) is 4.79 Å². The predicted octanol–water partition coefficient (Wildman–Crippen LogP) is 6.75. The van der Waals surface area contributed by atoms with Crippen molar-refractivity contribution in [3.8, 4) is 16.9 Å². The van der Waals surface area contributed by atoms with E-state index in [1.54, 1.807) is 18.2 Å². The van der Waals surface area contributed by atoms with Crippen LogP contribution in [0.5, 0.6) is 5.75 Å². The number of rotatable bonds is 9. The standard InChI is InChI=1S/C25H21Cl2F2NO4S/c26-19-12-17(13-20(27)14-19)16-3-1-4-18(11-16)25(9-2-10-25)30(15-23(31)32)35(33)22-7-5-21(6-8-22)34-24(28)29/h1,3-8,11-14,24H,2,9-10,15H2,(H,31,32). The molecule has 3 aromatic carbocycles. The molecule has 0 spiro atoms. The molecule has 0 aliphatic heterocycles. The van der Waals surface area contributed by atoms with E-state index in [9.17, 15) is 22.9 Å². The van der Waals surface area contributed by atoms with Crippen LogP contribution >= 0.6 is 23.2 Å². The first kappa shape index (κ1) is 25.6. The summed E-state index contributed by atoms with van der Waals surface area (Å²) in [5.74, 6) is -1.20. The van der Waals surface area contributed by atoms with Gasteiger partial charge in [-0.15, -0.1) is 0 Å². The third-order valence-electron chi connectivity index (χ3n) is 5.98. The molecular formula is C25H21Cl2F2NO4S. The van der Waals surface area contributed by atoms with E-state index in [0.717, 1.165) is 23.1 Å². The summed E-state index contributed by atoms with van der Waals surface area (Å²) in [7, 11) is -1.87. The maximum Gasteiger partial charge on any atom is 0.387 e. The van der Waals surface area contributed by atoms with Crippen LogP contribution in [-0.2, 0) is 21.3 Å². The minimum absolute atomic E-state index is 0.0724. The quantitative estimate of drug-likeness (QED) is 0.326. The second-order valence-corrected chi connectivity index (χ2v) is 10.4. The second-order valence-electron chi connectivity index (χ2n) is 8.15. The van der Waals surface area contributed by atoms with Crippen molar-refractivity contribution in [2.75, 3.05) is 6.54 Å². The lowest BCUT2D eigenvalue weighted by Crippen LogP contribution is -2.53. The number of hydrogen-bond acceptors (Lipinski definition) is 3. The largest absolute Gasteiger partial charge is 0.480 e. The van der Waals surface area contributed by atoms with Crippen LogP contribution in [0.25, 0.3) is 11.1 Å². The molecular weight excluding hydrogens is 519 g/mol. The summed E-state index contributed by atoms with van der Waals surface area (Å²) in [5.41, 5.74) is 1.69. The van der Waals surface area contributed by atoms with Crippen LogP contribution in [0.4, 0.5) is 8.78 Å². The maximum atomic E-state index is 13.6. The summed E-state index contributed by atoms with van der Waals surface area (Å²) < 4.78 is 44.4. The van der Waals surface area contributed by atoms with E-state index in [-0.39, 0.29) is 10.6 Å². The number of alkyl halides is 2. The van der Waals surface area contributed by atoms with Gasteiger partial charge in [-0.25, -0.2) is 4.21 Å². The molecule has 1 atom stereocenters. The van der Waals surface area contributed by atoms with Crippen molar-refractivity contribution < 1.29 is 27.6 Å². The molecule has 0 aromatic heterocycles. The number of carbonyl (C=O) groups is 1. The number of carboxylic acid groups (broad SMARTS) is 1. The number of carboxylic acids is 1. The highest BCUT2D eigenvalue weighted by atomic mass is 35.5. The summed E-state index contributed by atoms with van der Waals surface area (Å²) in [6.45, 7) is -3.44. The highest BCUT2D eigenvalue weighted by Gasteiger charge is 2.47. The average Bonchev–Trinajstić information content (AvgIpc) is 2.77. The summed E-state index contributed by atoms with van der Waals surface area (Å²) >= 11 is 12.4. The second kappa shape index (κ2) is 10.6. The molecule has 184 valence electrons. The number of aliphatic carboxylic acids is 1. The zero-order valence-corrected chi connectivity index (χ0v) is 20.6. The van der Waals surface area contributed by atoms with E-state index < -0.39 is 35.7 Å². The zero-order valence-electron chi connectivity index (χ0n) is 18.3. The molecule has 3 aromatic rings. The van der Waals surface area contributed by atoms with Crippen LogP contribution in [0.15, 0.2) is 71.6 Å². The van der Waals surface area contributed by atoms with Crippen LogP contribution in [0.3, 0.4) is 0 Å². The van der Waals surface area contributed by atoms with Gasteiger partial charge in [0.05, 0.1) is 10.4 Å². The normalized spacial score (nSPS) is 15.6. The molecule has 5 nitrogen and oxygen atoms in total. The lowest BCUT2D eigenvalue weighted by Gasteiger charge is -2.49. The fraction of sp³-hybridized carbons (Fsp3) is 0.240. The molecule has 1 aliphatic rings. The molecule has 0 amide bonds. The summed E-state index contributed by atoms with van der Waals surface area (Å²) in [6.07, 6.45) is 2.05. The van der Waals surface area contributed by atoms with E-state index in [0.29, 0.717) is 22.9 Å². The number of ether oxygens (including phenoxy) is 1. The molecule has 10 heteroatoms. The van der Waals surface area contributed by atoms with Crippen molar-refractivity contribution in [2.24, 2.45) is 0 Å². The van der Waals surface area contributed by atoms with Gasteiger partial charge in [-0.05, 0) is 84.5 Å². The number of halogens is 4. The highest BCUT2D eigenvalue weighted by Crippen LogP contribution is 2.48. The lowest BCUT2D eigenvalue weighted by atomic mass is 9.71. The smallest absolute Gasteiger partial charge is 0.387 e.